The van der Waals surface area contributed by atoms with Crippen LogP contribution < -0.4 is 10.9 Å². The molecule has 0 N–H and O–H groups in total. The van der Waals surface area contributed by atoms with Crippen LogP contribution in [0.25, 0.3) is 55.7 Å². The van der Waals surface area contributed by atoms with Gasteiger partial charge >= 0.3 is 0 Å². The third kappa shape index (κ3) is 3.33. The molecular formula is C30H18O4. The number of benzene rings is 4. The Balaban J connectivity index is 1.58. The molecule has 0 saturated heterocycles. The van der Waals surface area contributed by atoms with Gasteiger partial charge in [0.2, 0.25) is 0 Å². The molecule has 2 aromatic heterocycles. The van der Waals surface area contributed by atoms with Gasteiger partial charge in [0.15, 0.2) is 10.9 Å². The summed E-state index contributed by atoms with van der Waals surface area (Å²) in [7, 11) is 0. The summed E-state index contributed by atoms with van der Waals surface area (Å²) in [5.74, 6) is 0.961. The van der Waals surface area contributed by atoms with Crippen LogP contribution in [0.4, 0.5) is 0 Å². The van der Waals surface area contributed by atoms with E-state index in [4.69, 9.17) is 8.83 Å². The van der Waals surface area contributed by atoms with Crippen LogP contribution in [0.5, 0.6) is 0 Å². The molecule has 0 saturated carbocycles. The quantitative estimate of drug-likeness (QED) is 0.299. The third-order valence-corrected chi connectivity index (χ3v) is 5.94. The zero-order chi connectivity index (χ0) is 23.1. The van der Waals surface area contributed by atoms with Gasteiger partial charge < -0.3 is 8.83 Å². The molecule has 0 aliphatic heterocycles. The maximum atomic E-state index is 12.8. The average molecular weight is 442 g/mol. The Hall–Kier alpha value is -4.70. The van der Waals surface area contributed by atoms with Crippen molar-refractivity contribution in [2.45, 2.75) is 0 Å². The van der Waals surface area contributed by atoms with Crippen LogP contribution >= 0.6 is 0 Å². The predicted molar refractivity (Wildman–Crippen MR) is 135 cm³/mol. The minimum absolute atomic E-state index is 0.0968. The van der Waals surface area contributed by atoms with Gasteiger partial charge in [0.1, 0.15) is 22.7 Å². The zero-order valence-electron chi connectivity index (χ0n) is 18.0. The Morgan fingerprint density at radius 3 is 1.21 bits per heavy atom. The van der Waals surface area contributed by atoms with E-state index in [0.717, 1.165) is 22.3 Å². The Morgan fingerprint density at radius 2 is 0.765 bits per heavy atom. The van der Waals surface area contributed by atoms with Crippen LogP contribution in [0.15, 0.2) is 128 Å². The maximum Gasteiger partial charge on any atom is 0.193 e. The van der Waals surface area contributed by atoms with E-state index in [2.05, 4.69) is 0 Å². The van der Waals surface area contributed by atoms with E-state index in [9.17, 15) is 9.59 Å². The molecule has 0 spiro atoms. The summed E-state index contributed by atoms with van der Waals surface area (Å²) in [6.07, 6.45) is 0. The first-order valence-corrected chi connectivity index (χ1v) is 10.9. The molecular weight excluding hydrogens is 424 g/mol. The minimum atomic E-state index is -0.0968. The molecule has 2 heterocycles. The lowest BCUT2D eigenvalue weighted by atomic mass is 9.93. The molecule has 4 aromatic carbocycles. The lowest BCUT2D eigenvalue weighted by Crippen LogP contribution is -2.01. The van der Waals surface area contributed by atoms with E-state index in [0.29, 0.717) is 33.5 Å². The molecule has 0 fully saturated rings. The van der Waals surface area contributed by atoms with Gasteiger partial charge in [-0.25, -0.2) is 0 Å². The molecule has 0 aliphatic rings. The highest BCUT2D eigenvalue weighted by molar-refractivity contribution is 5.91. The summed E-state index contributed by atoms with van der Waals surface area (Å²) < 4.78 is 12.3. The second-order valence-corrected chi connectivity index (χ2v) is 8.03. The summed E-state index contributed by atoms with van der Waals surface area (Å²) in [5.41, 5.74) is 4.17. The Labute approximate surface area is 194 Å². The van der Waals surface area contributed by atoms with Gasteiger partial charge in [0, 0.05) is 23.3 Å². The number of rotatable bonds is 3. The lowest BCUT2D eigenvalue weighted by Gasteiger charge is -2.14. The summed E-state index contributed by atoms with van der Waals surface area (Å²) >= 11 is 0. The van der Waals surface area contributed by atoms with Gasteiger partial charge in [-0.1, -0.05) is 72.8 Å². The highest BCUT2D eigenvalue weighted by Crippen LogP contribution is 2.38. The first kappa shape index (κ1) is 19.9. The second-order valence-electron chi connectivity index (χ2n) is 8.03. The second kappa shape index (κ2) is 8.01. The van der Waals surface area contributed by atoms with Crippen molar-refractivity contribution in [1.29, 1.82) is 0 Å². The number of fused-ring (bicyclic) bond motifs is 2. The van der Waals surface area contributed by atoms with Crippen molar-refractivity contribution in [2.24, 2.45) is 0 Å². The van der Waals surface area contributed by atoms with Crippen LogP contribution in [0, 0.1) is 0 Å². The highest BCUT2D eigenvalue weighted by Gasteiger charge is 2.17. The van der Waals surface area contributed by atoms with E-state index >= 15 is 0 Å². The van der Waals surface area contributed by atoms with E-state index in [1.807, 2.05) is 72.8 Å². The van der Waals surface area contributed by atoms with Crippen molar-refractivity contribution in [1.82, 2.24) is 0 Å². The molecule has 162 valence electrons. The Bertz CT molecular complexity index is 1670. The van der Waals surface area contributed by atoms with Crippen molar-refractivity contribution < 1.29 is 8.83 Å². The number of hydrogen-bond acceptors (Lipinski definition) is 4. The average Bonchev–Trinajstić information content (AvgIpc) is 2.89. The Kier molecular flexibility index (Phi) is 4.70. The van der Waals surface area contributed by atoms with Gasteiger partial charge in [-0.15, -0.1) is 0 Å². The summed E-state index contributed by atoms with van der Waals surface area (Å²) in [6, 6.07) is 33.0. The van der Waals surface area contributed by atoms with Gasteiger partial charge in [0.05, 0.1) is 10.8 Å². The van der Waals surface area contributed by atoms with E-state index < -0.39 is 0 Å². The van der Waals surface area contributed by atoms with Gasteiger partial charge in [0.25, 0.3) is 0 Å². The number of para-hydroxylation sites is 2. The first-order chi connectivity index (χ1) is 16.7. The first-order valence-electron chi connectivity index (χ1n) is 10.9. The summed E-state index contributed by atoms with van der Waals surface area (Å²) in [4.78, 5) is 25.5. The Morgan fingerprint density at radius 1 is 0.412 bits per heavy atom. The SMILES string of the molecule is O=c1cc(-c2ccccc2-c2ccccc2-c2cc(=O)c3ccccc3o2)oc2ccccc12. The molecule has 4 nitrogen and oxygen atoms in total. The molecule has 0 radical (unpaired) electrons. The summed E-state index contributed by atoms with van der Waals surface area (Å²) in [5, 5.41) is 1.09. The minimum Gasteiger partial charge on any atom is -0.456 e. The predicted octanol–water partition coefficient (Wildman–Crippen LogP) is 6.90. The molecule has 34 heavy (non-hydrogen) atoms. The van der Waals surface area contributed by atoms with Crippen molar-refractivity contribution in [3.05, 3.63) is 130 Å². The van der Waals surface area contributed by atoms with Crippen LogP contribution in [-0.2, 0) is 0 Å². The fourth-order valence-electron chi connectivity index (χ4n) is 4.34. The molecule has 6 rings (SSSR count). The zero-order valence-corrected chi connectivity index (χ0v) is 18.0. The van der Waals surface area contributed by atoms with E-state index in [1.165, 1.54) is 12.1 Å². The molecule has 0 amide bonds. The fraction of sp³-hybridized carbons (Fsp3) is 0. The monoisotopic (exact) mass is 442 g/mol. The van der Waals surface area contributed by atoms with Crippen LogP contribution in [0.3, 0.4) is 0 Å². The van der Waals surface area contributed by atoms with E-state index in [1.54, 1.807) is 24.3 Å². The van der Waals surface area contributed by atoms with Crippen molar-refractivity contribution in [3.63, 3.8) is 0 Å². The fourth-order valence-corrected chi connectivity index (χ4v) is 4.34. The van der Waals surface area contributed by atoms with Gasteiger partial charge in [-0.3, -0.25) is 9.59 Å². The van der Waals surface area contributed by atoms with Crippen molar-refractivity contribution in [3.8, 4) is 33.8 Å². The normalized spacial score (nSPS) is 11.2. The van der Waals surface area contributed by atoms with Gasteiger partial charge in [-0.05, 0) is 35.4 Å². The van der Waals surface area contributed by atoms with Crippen LogP contribution in [0.1, 0.15) is 0 Å². The number of hydrogen-bond donors (Lipinski definition) is 0. The lowest BCUT2D eigenvalue weighted by molar-refractivity contribution is 0.618. The topological polar surface area (TPSA) is 60.4 Å². The maximum absolute atomic E-state index is 12.8. The summed E-state index contributed by atoms with van der Waals surface area (Å²) in [6.45, 7) is 0. The largest absolute Gasteiger partial charge is 0.456 e. The molecule has 0 atom stereocenters. The van der Waals surface area contributed by atoms with Crippen LogP contribution in [0.2, 0.25) is 0 Å². The molecule has 0 bridgehead atoms. The molecule has 0 unspecified atom stereocenters. The standard InChI is InChI=1S/C30H18O4/c31-25-17-29(33-27-15-7-5-13-23(25)27)21-11-3-1-9-19(21)20-10-2-4-12-22(20)30-18-26(32)24-14-6-8-16-28(24)34-30/h1-18H. The highest BCUT2D eigenvalue weighted by atomic mass is 16.3. The van der Waals surface area contributed by atoms with E-state index in [-0.39, 0.29) is 10.9 Å². The van der Waals surface area contributed by atoms with Crippen molar-refractivity contribution >= 4 is 21.9 Å². The van der Waals surface area contributed by atoms with Gasteiger partial charge in [-0.2, -0.15) is 0 Å². The smallest absolute Gasteiger partial charge is 0.193 e. The molecule has 4 heteroatoms. The molecule has 0 aliphatic carbocycles. The van der Waals surface area contributed by atoms with Crippen LogP contribution in [-0.4, -0.2) is 0 Å². The van der Waals surface area contributed by atoms with Crippen molar-refractivity contribution in [2.75, 3.05) is 0 Å². The third-order valence-electron chi connectivity index (χ3n) is 5.94. The molecule has 6 aromatic rings.